The van der Waals surface area contributed by atoms with E-state index in [1.165, 1.54) is 43.5 Å². The Hall–Kier alpha value is -2.75. The monoisotopic (exact) mass is 617 g/mol. The summed E-state index contributed by atoms with van der Waals surface area (Å²) in [7, 11) is 0. The first kappa shape index (κ1) is 32.2. The fraction of sp³-hybridized carbons (Fsp3) is 0.694. The van der Waals surface area contributed by atoms with Crippen LogP contribution in [-0.2, 0) is 4.74 Å². The molecule has 1 aliphatic heterocycles. The molecule has 3 aliphatic rings. The number of nitrogens with one attached hydrogen (secondary N) is 2. The van der Waals surface area contributed by atoms with Crippen molar-refractivity contribution in [3.05, 3.63) is 35.5 Å². The first-order valence-corrected chi connectivity index (χ1v) is 17.6. The number of aromatic nitrogens is 4. The van der Waals surface area contributed by atoms with E-state index >= 15 is 0 Å². The van der Waals surface area contributed by atoms with Gasteiger partial charge in [0.05, 0.1) is 18.4 Å². The molecule has 2 aliphatic carbocycles. The summed E-state index contributed by atoms with van der Waals surface area (Å²) in [6, 6.07) is 7.14. The maximum Gasteiger partial charge on any atom is 0.224 e. The highest BCUT2D eigenvalue weighted by Crippen LogP contribution is 2.38. The molecule has 0 atom stereocenters. The molecule has 2 saturated carbocycles. The van der Waals surface area contributed by atoms with Crippen LogP contribution < -0.4 is 10.6 Å². The topological polar surface area (TPSA) is 100 Å². The third-order valence-corrected chi connectivity index (χ3v) is 10.7. The molecule has 9 nitrogen and oxygen atoms in total. The third-order valence-electron chi connectivity index (χ3n) is 10.7. The molecule has 0 spiro atoms. The standard InChI is InChI=1S/C36H55N7O2/c1-25-8-17-31(26(2)22-25)39-35-40-32-23-37-34(38-29-13-11-28(12-14-29)36(3,4)44)41-33(32)43(35)30-15-9-27(10-16-30)24-45-21-20-42-18-6-5-7-19-42/h8,17,22-23,27-30,44H,5-7,9-16,18-21,24H2,1-4H3,(H,39,40)(H,37,38,41). The molecular formula is C36H55N7O2. The summed E-state index contributed by atoms with van der Waals surface area (Å²) in [5.74, 6) is 2.47. The van der Waals surface area contributed by atoms with Gasteiger partial charge in [-0.3, -0.25) is 4.57 Å². The molecule has 0 radical (unpaired) electrons. The lowest BCUT2D eigenvalue weighted by molar-refractivity contribution is -0.000415. The van der Waals surface area contributed by atoms with E-state index < -0.39 is 5.60 Å². The van der Waals surface area contributed by atoms with Gasteiger partial charge in [0, 0.05) is 30.9 Å². The van der Waals surface area contributed by atoms with Crippen molar-refractivity contribution < 1.29 is 9.84 Å². The van der Waals surface area contributed by atoms with Gasteiger partial charge < -0.3 is 25.4 Å². The third kappa shape index (κ3) is 8.16. The van der Waals surface area contributed by atoms with E-state index in [4.69, 9.17) is 19.7 Å². The van der Waals surface area contributed by atoms with E-state index in [0.717, 1.165) is 93.9 Å². The molecule has 1 aromatic carbocycles. The summed E-state index contributed by atoms with van der Waals surface area (Å²) in [5, 5.41) is 17.8. The number of aliphatic hydroxyl groups is 1. The molecule has 3 heterocycles. The van der Waals surface area contributed by atoms with Crippen LogP contribution in [0.4, 0.5) is 17.6 Å². The molecule has 0 unspecified atom stereocenters. The van der Waals surface area contributed by atoms with Gasteiger partial charge in [-0.25, -0.2) is 9.97 Å². The average Bonchev–Trinajstić information content (AvgIpc) is 3.38. The van der Waals surface area contributed by atoms with Crippen molar-refractivity contribution in [2.75, 3.05) is 43.5 Å². The molecule has 3 aromatic rings. The summed E-state index contributed by atoms with van der Waals surface area (Å²) in [6.07, 6.45) is 14.4. The minimum atomic E-state index is -0.621. The average molecular weight is 618 g/mol. The molecule has 3 fully saturated rings. The van der Waals surface area contributed by atoms with Crippen LogP contribution in [0.2, 0.25) is 0 Å². The number of likely N-dealkylation sites (tertiary alicyclic amines) is 1. The van der Waals surface area contributed by atoms with Crippen LogP contribution in [0.25, 0.3) is 11.2 Å². The van der Waals surface area contributed by atoms with E-state index in [-0.39, 0.29) is 0 Å². The number of piperidine rings is 1. The number of fused-ring (bicyclic) bond motifs is 1. The Morgan fingerprint density at radius 3 is 2.42 bits per heavy atom. The second-order valence-electron chi connectivity index (χ2n) is 14.6. The van der Waals surface area contributed by atoms with Crippen molar-refractivity contribution in [2.45, 2.75) is 116 Å². The summed E-state index contributed by atoms with van der Waals surface area (Å²) in [6.45, 7) is 13.4. The van der Waals surface area contributed by atoms with Gasteiger partial charge in [0.15, 0.2) is 5.65 Å². The maximum absolute atomic E-state index is 10.5. The summed E-state index contributed by atoms with van der Waals surface area (Å²) >= 11 is 0. The van der Waals surface area contributed by atoms with Crippen molar-refractivity contribution in [1.29, 1.82) is 0 Å². The van der Waals surface area contributed by atoms with E-state index in [0.29, 0.717) is 29.9 Å². The predicted octanol–water partition coefficient (Wildman–Crippen LogP) is 7.16. The van der Waals surface area contributed by atoms with Crippen LogP contribution in [0.15, 0.2) is 24.4 Å². The Morgan fingerprint density at radius 2 is 1.71 bits per heavy atom. The van der Waals surface area contributed by atoms with Crippen molar-refractivity contribution in [1.82, 2.24) is 24.4 Å². The van der Waals surface area contributed by atoms with Crippen molar-refractivity contribution in [3.63, 3.8) is 0 Å². The quantitative estimate of drug-likeness (QED) is 0.195. The highest BCUT2D eigenvalue weighted by molar-refractivity contribution is 5.77. The van der Waals surface area contributed by atoms with E-state index in [1.807, 2.05) is 20.0 Å². The lowest BCUT2D eigenvalue weighted by Gasteiger charge is -2.36. The van der Waals surface area contributed by atoms with E-state index in [2.05, 4.69) is 52.1 Å². The summed E-state index contributed by atoms with van der Waals surface area (Å²) < 4.78 is 8.54. The Labute approximate surface area is 269 Å². The Morgan fingerprint density at radius 1 is 0.956 bits per heavy atom. The van der Waals surface area contributed by atoms with Crippen LogP contribution in [0, 0.1) is 25.7 Å². The van der Waals surface area contributed by atoms with Gasteiger partial charge in [-0.05, 0) is 128 Å². The number of aryl methyl sites for hydroxylation is 2. The second kappa shape index (κ2) is 14.3. The molecule has 9 heteroatoms. The number of hydrogen-bond acceptors (Lipinski definition) is 8. The fourth-order valence-electron chi connectivity index (χ4n) is 7.79. The van der Waals surface area contributed by atoms with E-state index in [9.17, 15) is 5.11 Å². The SMILES string of the molecule is Cc1ccc(Nc2nc3cnc(NC4CCC(C(C)(C)O)CC4)nc3n2C2CCC(COCCN3CCCCC3)CC2)c(C)c1. The molecule has 1 saturated heterocycles. The van der Waals surface area contributed by atoms with Gasteiger partial charge in [-0.1, -0.05) is 24.1 Å². The molecule has 45 heavy (non-hydrogen) atoms. The molecular weight excluding hydrogens is 562 g/mol. The summed E-state index contributed by atoms with van der Waals surface area (Å²) in [4.78, 5) is 17.4. The first-order chi connectivity index (χ1) is 21.7. The minimum Gasteiger partial charge on any atom is -0.390 e. The lowest BCUT2D eigenvalue weighted by Crippen LogP contribution is -2.37. The van der Waals surface area contributed by atoms with Gasteiger partial charge in [0.25, 0.3) is 0 Å². The number of hydrogen-bond donors (Lipinski definition) is 3. The highest BCUT2D eigenvalue weighted by atomic mass is 16.5. The number of imidazole rings is 1. The predicted molar refractivity (Wildman–Crippen MR) is 182 cm³/mol. The number of anilines is 3. The zero-order valence-corrected chi connectivity index (χ0v) is 28.0. The molecule has 0 bridgehead atoms. The van der Waals surface area contributed by atoms with Crippen LogP contribution in [-0.4, -0.2) is 74.0 Å². The van der Waals surface area contributed by atoms with Gasteiger partial charge in [0.2, 0.25) is 11.9 Å². The van der Waals surface area contributed by atoms with Gasteiger partial charge in [-0.15, -0.1) is 0 Å². The largest absolute Gasteiger partial charge is 0.390 e. The van der Waals surface area contributed by atoms with Crippen molar-refractivity contribution >= 4 is 28.7 Å². The maximum atomic E-state index is 10.5. The Balaban J connectivity index is 1.15. The molecule has 3 N–H and O–H groups in total. The molecule has 2 aromatic heterocycles. The van der Waals surface area contributed by atoms with Crippen molar-refractivity contribution in [3.8, 4) is 0 Å². The molecule has 246 valence electrons. The van der Waals surface area contributed by atoms with Crippen molar-refractivity contribution in [2.24, 2.45) is 11.8 Å². The van der Waals surface area contributed by atoms with Gasteiger partial charge in [0.1, 0.15) is 5.52 Å². The Bertz CT molecular complexity index is 1390. The number of ether oxygens (including phenoxy) is 1. The minimum absolute atomic E-state index is 0.315. The van der Waals surface area contributed by atoms with E-state index in [1.54, 1.807) is 0 Å². The van der Waals surface area contributed by atoms with Crippen LogP contribution >= 0.6 is 0 Å². The van der Waals surface area contributed by atoms with Crippen LogP contribution in [0.5, 0.6) is 0 Å². The van der Waals surface area contributed by atoms with Crippen LogP contribution in [0.3, 0.4) is 0 Å². The molecule has 6 rings (SSSR count). The van der Waals surface area contributed by atoms with Gasteiger partial charge >= 0.3 is 0 Å². The zero-order chi connectivity index (χ0) is 31.4. The van der Waals surface area contributed by atoms with Crippen LogP contribution in [0.1, 0.15) is 102 Å². The smallest absolute Gasteiger partial charge is 0.224 e. The summed E-state index contributed by atoms with van der Waals surface area (Å²) in [5.41, 5.74) is 4.62. The lowest BCUT2D eigenvalue weighted by atomic mass is 9.77. The number of nitrogens with zero attached hydrogens (tertiary/aromatic N) is 5. The molecule has 0 amide bonds. The number of benzene rings is 1. The zero-order valence-electron chi connectivity index (χ0n) is 28.0. The Kier molecular flexibility index (Phi) is 10.3. The van der Waals surface area contributed by atoms with Gasteiger partial charge in [-0.2, -0.15) is 4.98 Å². The fourth-order valence-corrected chi connectivity index (χ4v) is 7.79. The first-order valence-electron chi connectivity index (χ1n) is 17.6. The normalized spacial score (nSPS) is 25.0. The number of rotatable bonds is 11. The highest BCUT2D eigenvalue weighted by Gasteiger charge is 2.32. The second-order valence-corrected chi connectivity index (χ2v) is 14.6.